The summed E-state index contributed by atoms with van der Waals surface area (Å²) in [5, 5.41) is 4.33. The maximum atomic E-state index is 14.0. The number of halogens is 5. The van der Waals surface area contributed by atoms with Gasteiger partial charge in [0, 0.05) is 11.1 Å². The molecule has 3 rings (SSSR count). The molecule has 1 aliphatic heterocycles. The summed E-state index contributed by atoms with van der Waals surface area (Å²) in [6.45, 7) is -0.853. The van der Waals surface area contributed by atoms with E-state index in [-0.39, 0.29) is 21.8 Å². The Morgan fingerprint density at radius 3 is 2.62 bits per heavy atom. The van der Waals surface area contributed by atoms with Crippen molar-refractivity contribution in [2.75, 3.05) is 11.9 Å². The Hall–Kier alpha value is -2.33. The van der Waals surface area contributed by atoms with Crippen LogP contribution in [0, 0.1) is 11.6 Å². The number of sulfonamides is 1. The molecule has 0 amide bonds. The molecule has 0 atom stereocenters. The van der Waals surface area contributed by atoms with Crippen LogP contribution in [0.2, 0.25) is 5.02 Å². The van der Waals surface area contributed by atoms with Crippen molar-refractivity contribution >= 4 is 33.3 Å². The van der Waals surface area contributed by atoms with E-state index < -0.39 is 45.5 Å². The number of hydrogen-bond donors (Lipinski definition) is 2. The topological polar surface area (TPSA) is 70.6 Å². The van der Waals surface area contributed by atoms with Gasteiger partial charge in [0.05, 0.1) is 17.3 Å². The van der Waals surface area contributed by atoms with Gasteiger partial charge in [-0.2, -0.15) is 8.42 Å². The van der Waals surface area contributed by atoms with E-state index in [2.05, 4.69) is 15.0 Å². The number of alkyl halides is 2. The molecule has 0 bridgehead atoms. The van der Waals surface area contributed by atoms with Gasteiger partial charge in [0.15, 0.2) is 0 Å². The summed E-state index contributed by atoms with van der Waals surface area (Å²) in [5.41, 5.74) is -0.176. The molecule has 0 saturated carbocycles. The number of nitrogens with zero attached hydrogens (tertiary/aromatic N) is 1. The third-order valence-corrected chi connectivity index (χ3v) is 5.15. The Morgan fingerprint density at radius 2 is 1.92 bits per heavy atom. The number of hydrogen-bond acceptors (Lipinski definition) is 4. The van der Waals surface area contributed by atoms with Gasteiger partial charge in [0.25, 0.3) is 16.4 Å². The minimum atomic E-state index is -4.37. The molecule has 0 unspecified atom stereocenters. The number of anilines is 1. The summed E-state index contributed by atoms with van der Waals surface area (Å²) in [6, 6.07) is 5.45. The van der Waals surface area contributed by atoms with E-state index in [0.29, 0.717) is 0 Å². The Kier molecular flexibility index (Phi) is 4.80. The smallest absolute Gasteiger partial charge is 0.287 e. The van der Waals surface area contributed by atoms with Crippen LogP contribution in [0.4, 0.5) is 23.2 Å². The monoisotopic (exact) mass is 407 g/mol. The van der Waals surface area contributed by atoms with Crippen molar-refractivity contribution < 1.29 is 26.0 Å². The van der Waals surface area contributed by atoms with Crippen LogP contribution >= 0.6 is 11.6 Å². The van der Waals surface area contributed by atoms with E-state index in [1.165, 1.54) is 12.1 Å². The first kappa shape index (κ1) is 18.5. The molecule has 1 heterocycles. The van der Waals surface area contributed by atoms with Crippen molar-refractivity contribution in [2.45, 2.75) is 11.3 Å². The molecular weight excluding hydrogens is 398 g/mol. The highest BCUT2D eigenvalue weighted by atomic mass is 35.5. The zero-order valence-electron chi connectivity index (χ0n) is 12.7. The van der Waals surface area contributed by atoms with E-state index in [1.807, 2.05) is 0 Å². The first-order chi connectivity index (χ1) is 12.2. The molecule has 0 aromatic heterocycles. The highest BCUT2D eigenvalue weighted by molar-refractivity contribution is 7.90. The van der Waals surface area contributed by atoms with Gasteiger partial charge in [-0.05, 0) is 18.2 Å². The Bertz CT molecular complexity index is 1010. The van der Waals surface area contributed by atoms with Gasteiger partial charge >= 0.3 is 0 Å². The van der Waals surface area contributed by atoms with Crippen LogP contribution in [-0.2, 0) is 10.0 Å². The molecule has 0 fully saturated rings. The molecule has 26 heavy (non-hydrogen) atoms. The Balaban J connectivity index is 2.18. The summed E-state index contributed by atoms with van der Waals surface area (Å²) in [5.74, 6) is -2.16. The van der Waals surface area contributed by atoms with E-state index >= 15 is 0 Å². The zero-order chi connectivity index (χ0) is 19.1. The SMILES string of the molecule is O=S1(=O)N=C(NCC(F)F)Nc2c(-c3cccc(F)c3Cl)cc(F)cc21. The fourth-order valence-electron chi connectivity index (χ4n) is 2.40. The minimum absolute atomic E-state index is 0.0280. The standard InChI is InChI=1S/C15H10ClF4N3O2S/c16-13-8(2-1-3-10(13)18)9-4-7(17)5-11-14(9)22-15(21-6-12(19)20)23-26(11,24)25/h1-5,12H,6H2,(H2,21,22,23). The van der Waals surface area contributed by atoms with Gasteiger partial charge in [-0.25, -0.2) is 17.6 Å². The van der Waals surface area contributed by atoms with E-state index in [1.54, 1.807) is 0 Å². The van der Waals surface area contributed by atoms with E-state index in [0.717, 1.165) is 18.2 Å². The van der Waals surface area contributed by atoms with Crippen LogP contribution in [0.25, 0.3) is 11.1 Å². The van der Waals surface area contributed by atoms with E-state index in [9.17, 15) is 26.0 Å². The number of benzene rings is 2. The summed E-state index contributed by atoms with van der Waals surface area (Å²) < 4.78 is 80.3. The van der Waals surface area contributed by atoms with Crippen LogP contribution < -0.4 is 10.6 Å². The number of guanidine groups is 1. The second-order valence-electron chi connectivity index (χ2n) is 5.24. The highest BCUT2D eigenvalue weighted by Gasteiger charge is 2.29. The highest BCUT2D eigenvalue weighted by Crippen LogP contribution is 2.40. The summed E-state index contributed by atoms with van der Waals surface area (Å²) in [4.78, 5) is -0.518. The van der Waals surface area contributed by atoms with Crippen LogP contribution in [-0.4, -0.2) is 27.3 Å². The second-order valence-corrected chi connectivity index (χ2v) is 7.19. The zero-order valence-corrected chi connectivity index (χ0v) is 14.3. The summed E-state index contributed by atoms with van der Waals surface area (Å²) >= 11 is 5.91. The van der Waals surface area contributed by atoms with Crippen LogP contribution in [0.15, 0.2) is 39.6 Å². The van der Waals surface area contributed by atoms with Gasteiger partial charge < -0.3 is 10.6 Å². The molecule has 2 aromatic rings. The normalized spacial score (nSPS) is 15.2. The Labute approximate surface area is 150 Å². The maximum Gasteiger partial charge on any atom is 0.287 e. The van der Waals surface area contributed by atoms with Crippen molar-refractivity contribution in [2.24, 2.45) is 4.40 Å². The fraction of sp³-hybridized carbons (Fsp3) is 0.133. The first-order valence-corrected chi connectivity index (χ1v) is 8.93. The number of fused-ring (bicyclic) bond motifs is 1. The molecule has 0 spiro atoms. The van der Waals surface area contributed by atoms with E-state index in [4.69, 9.17) is 11.6 Å². The van der Waals surface area contributed by atoms with Crippen molar-refractivity contribution in [1.82, 2.24) is 5.32 Å². The lowest BCUT2D eigenvalue weighted by Gasteiger charge is -2.22. The third kappa shape index (κ3) is 3.47. The summed E-state index contributed by atoms with van der Waals surface area (Å²) in [6.07, 6.45) is -2.76. The molecule has 0 radical (unpaired) electrons. The molecule has 1 aliphatic rings. The molecule has 5 nitrogen and oxygen atoms in total. The molecule has 2 aromatic carbocycles. The predicted molar refractivity (Wildman–Crippen MR) is 89.1 cm³/mol. The second kappa shape index (κ2) is 6.76. The van der Waals surface area contributed by atoms with Crippen molar-refractivity contribution in [3.8, 4) is 11.1 Å². The largest absolute Gasteiger partial charge is 0.349 e. The third-order valence-electron chi connectivity index (χ3n) is 3.47. The van der Waals surface area contributed by atoms with Gasteiger partial charge in [0.1, 0.15) is 16.5 Å². The van der Waals surface area contributed by atoms with Crippen LogP contribution in [0.3, 0.4) is 0 Å². The maximum absolute atomic E-state index is 14.0. The van der Waals surface area contributed by atoms with Gasteiger partial charge in [-0.3, -0.25) is 0 Å². The molecule has 11 heteroatoms. The van der Waals surface area contributed by atoms with Gasteiger partial charge in [0.2, 0.25) is 5.96 Å². The lowest BCUT2D eigenvalue weighted by Crippen LogP contribution is -2.37. The van der Waals surface area contributed by atoms with Crippen molar-refractivity contribution in [3.63, 3.8) is 0 Å². The average molecular weight is 408 g/mol. The van der Waals surface area contributed by atoms with Gasteiger partial charge in [-0.1, -0.05) is 23.7 Å². The number of nitrogens with one attached hydrogen (secondary N) is 2. The minimum Gasteiger partial charge on any atom is -0.349 e. The molecule has 0 saturated heterocycles. The molecular formula is C15H10ClF4N3O2S. The fourth-order valence-corrected chi connectivity index (χ4v) is 3.76. The molecule has 0 aliphatic carbocycles. The Morgan fingerprint density at radius 1 is 1.19 bits per heavy atom. The quantitative estimate of drug-likeness (QED) is 0.763. The summed E-state index contributed by atoms with van der Waals surface area (Å²) in [7, 11) is -4.37. The number of rotatable bonds is 3. The average Bonchev–Trinajstić information content (AvgIpc) is 2.55. The lowest BCUT2D eigenvalue weighted by molar-refractivity contribution is 0.152. The van der Waals surface area contributed by atoms with Crippen molar-refractivity contribution in [3.05, 3.63) is 47.0 Å². The molecule has 2 N–H and O–H groups in total. The van der Waals surface area contributed by atoms with Crippen LogP contribution in [0.1, 0.15) is 0 Å². The van der Waals surface area contributed by atoms with Crippen LogP contribution in [0.5, 0.6) is 0 Å². The molecule has 138 valence electrons. The lowest BCUT2D eigenvalue weighted by atomic mass is 10.0. The van der Waals surface area contributed by atoms with Crippen molar-refractivity contribution in [1.29, 1.82) is 0 Å². The first-order valence-electron chi connectivity index (χ1n) is 7.11. The predicted octanol–water partition coefficient (Wildman–Crippen LogP) is 3.61. The van der Waals surface area contributed by atoms with Gasteiger partial charge in [-0.15, -0.1) is 4.40 Å².